The summed E-state index contributed by atoms with van der Waals surface area (Å²) in [5, 5.41) is 57.7. The maximum atomic E-state index is 14.4. The normalized spacial score (nSPS) is 43.5. The van der Waals surface area contributed by atoms with Crippen molar-refractivity contribution in [3.8, 4) is 0 Å². The van der Waals surface area contributed by atoms with Gasteiger partial charge in [-0.15, -0.1) is 6.58 Å². The van der Waals surface area contributed by atoms with Crippen LogP contribution in [-0.4, -0.2) is 137 Å². The van der Waals surface area contributed by atoms with Gasteiger partial charge in [0, 0.05) is 52.0 Å². The first kappa shape index (κ1) is 47.5. The number of esters is 1. The maximum Gasteiger partial charge on any atom is 0.329 e. The van der Waals surface area contributed by atoms with Crippen LogP contribution in [0, 0.1) is 29.6 Å². The van der Waals surface area contributed by atoms with E-state index in [2.05, 4.69) is 13.5 Å². The average molecular weight is 808 g/mol. The molecule has 2 bridgehead atoms. The zero-order valence-corrected chi connectivity index (χ0v) is 35.6. The van der Waals surface area contributed by atoms with Crippen molar-refractivity contribution in [2.75, 3.05) is 27.9 Å². The quantitative estimate of drug-likeness (QED) is 0.183. The molecule has 0 radical (unpaired) electrons. The number of rotatable bonds is 7. The summed E-state index contributed by atoms with van der Waals surface area (Å²) in [6.07, 6.45) is 3.30. The molecule has 3 fully saturated rings. The van der Waals surface area contributed by atoms with Gasteiger partial charge in [0.2, 0.25) is 5.79 Å². The Labute approximate surface area is 340 Å². The number of hydrogen-bond donors (Lipinski definition) is 5. The first-order chi connectivity index (χ1) is 27.0. The third kappa shape index (κ3) is 11.5. The molecule has 1 amide bonds. The molecule has 13 nitrogen and oxygen atoms in total. The second-order valence-corrected chi connectivity index (χ2v) is 17.6. The number of carbonyl (C=O) groups excluding carboxylic acids is 2. The number of amides is 1. The smallest absolute Gasteiger partial charge is 0.329 e. The number of allylic oxidation sites excluding steroid dienone is 3. The standard InChI is InChI=1S/C44H73NO12/c1-10-13-31-19-25(2)18-26(3)20-37(54-8)40-38(55-9)22-28(5)44(52,57-40)41(49)42(50)45-17-12-11-14-32(45)43(51)56-39(29(6)34(47)24-35(31)48)27(4)21-30-15-16-33(46)36(23-30)53-7/h10,19,21,26,28-41,46-49,52H,1,11-18,20,22-24H2,2-9H3/b25-19-,27-21+. The highest BCUT2D eigenvalue weighted by Crippen LogP contribution is 2.40. The fourth-order valence-electron chi connectivity index (χ4n) is 9.74. The van der Waals surface area contributed by atoms with Gasteiger partial charge in [0.25, 0.3) is 5.91 Å². The molecule has 3 heterocycles. The molecule has 1 saturated carbocycles. The van der Waals surface area contributed by atoms with Crippen LogP contribution in [0.25, 0.3) is 0 Å². The van der Waals surface area contributed by atoms with E-state index in [0.29, 0.717) is 56.9 Å². The van der Waals surface area contributed by atoms with Crippen molar-refractivity contribution >= 4 is 11.9 Å². The van der Waals surface area contributed by atoms with Gasteiger partial charge in [-0.2, -0.15) is 0 Å². The molecule has 57 heavy (non-hydrogen) atoms. The van der Waals surface area contributed by atoms with Crippen molar-refractivity contribution < 1.29 is 58.8 Å². The van der Waals surface area contributed by atoms with Gasteiger partial charge in [0.1, 0.15) is 18.2 Å². The zero-order chi connectivity index (χ0) is 42.2. The summed E-state index contributed by atoms with van der Waals surface area (Å²) in [7, 11) is 4.69. The maximum absolute atomic E-state index is 14.4. The van der Waals surface area contributed by atoms with Crippen LogP contribution in [0.15, 0.2) is 36.0 Å². The van der Waals surface area contributed by atoms with Crippen LogP contribution in [0.2, 0.25) is 0 Å². The number of hydrogen-bond acceptors (Lipinski definition) is 12. The predicted molar refractivity (Wildman–Crippen MR) is 215 cm³/mol. The van der Waals surface area contributed by atoms with Gasteiger partial charge in [-0.1, -0.05) is 44.6 Å². The minimum absolute atomic E-state index is 0.0158. The molecule has 0 spiro atoms. The third-order valence-electron chi connectivity index (χ3n) is 13.2. The van der Waals surface area contributed by atoms with Gasteiger partial charge in [-0.05, 0) is 95.5 Å². The van der Waals surface area contributed by atoms with Crippen LogP contribution >= 0.6 is 0 Å². The average Bonchev–Trinajstić information content (AvgIpc) is 3.18. The van der Waals surface area contributed by atoms with Gasteiger partial charge >= 0.3 is 5.97 Å². The summed E-state index contributed by atoms with van der Waals surface area (Å²) in [5.74, 6) is -5.47. The lowest BCUT2D eigenvalue weighted by atomic mass is 9.81. The predicted octanol–water partition coefficient (Wildman–Crippen LogP) is 4.22. The molecule has 0 aromatic heterocycles. The van der Waals surface area contributed by atoms with E-state index in [1.54, 1.807) is 41.3 Å². The molecule has 3 aliphatic heterocycles. The summed E-state index contributed by atoms with van der Waals surface area (Å²) in [4.78, 5) is 30.0. The second kappa shape index (κ2) is 21.4. The largest absolute Gasteiger partial charge is 0.456 e. The molecule has 4 aliphatic rings. The van der Waals surface area contributed by atoms with Crippen molar-refractivity contribution in [3.63, 3.8) is 0 Å². The van der Waals surface area contributed by atoms with Crippen molar-refractivity contribution in [3.05, 3.63) is 36.0 Å². The number of cyclic esters (lactones) is 1. The molecule has 326 valence electrons. The molecule has 16 atom stereocenters. The van der Waals surface area contributed by atoms with E-state index in [1.165, 1.54) is 4.90 Å². The Morgan fingerprint density at radius 2 is 1.58 bits per heavy atom. The number of methoxy groups -OCH3 is 3. The summed E-state index contributed by atoms with van der Waals surface area (Å²) >= 11 is 0. The van der Waals surface area contributed by atoms with E-state index < -0.39 is 84.4 Å². The van der Waals surface area contributed by atoms with Crippen LogP contribution in [0.5, 0.6) is 0 Å². The number of aliphatic hydroxyl groups excluding tert-OH is 4. The van der Waals surface area contributed by atoms with Crippen molar-refractivity contribution in [1.82, 2.24) is 4.90 Å². The molecule has 0 aromatic carbocycles. The lowest BCUT2D eigenvalue weighted by Gasteiger charge is -2.49. The molecule has 5 N–H and O–H groups in total. The highest BCUT2D eigenvalue weighted by atomic mass is 16.7. The van der Waals surface area contributed by atoms with Gasteiger partial charge in [0.15, 0.2) is 6.10 Å². The van der Waals surface area contributed by atoms with E-state index in [1.807, 2.05) is 26.0 Å². The van der Waals surface area contributed by atoms with Crippen LogP contribution < -0.4 is 0 Å². The molecule has 1 aliphatic carbocycles. The summed E-state index contributed by atoms with van der Waals surface area (Å²) in [6, 6.07) is -1.06. The van der Waals surface area contributed by atoms with E-state index in [0.717, 1.165) is 5.57 Å². The molecule has 4 rings (SSSR count). The number of aliphatic hydroxyl groups is 5. The molecule has 16 unspecified atom stereocenters. The number of piperidine rings is 1. The van der Waals surface area contributed by atoms with Crippen LogP contribution in [0.3, 0.4) is 0 Å². The molecule has 0 aromatic rings. The van der Waals surface area contributed by atoms with Gasteiger partial charge < -0.3 is 54.1 Å². The third-order valence-corrected chi connectivity index (χ3v) is 13.2. The Morgan fingerprint density at radius 1 is 0.912 bits per heavy atom. The zero-order valence-electron chi connectivity index (χ0n) is 35.6. The van der Waals surface area contributed by atoms with Crippen molar-refractivity contribution in [2.24, 2.45) is 29.6 Å². The Hall–Kier alpha value is -2.20. The lowest BCUT2D eigenvalue weighted by molar-refractivity contribution is -0.346. The van der Waals surface area contributed by atoms with Crippen LogP contribution in [0.4, 0.5) is 0 Å². The fourth-order valence-corrected chi connectivity index (χ4v) is 9.74. The fraction of sp³-hybridized carbons (Fsp3) is 0.818. The van der Waals surface area contributed by atoms with Gasteiger partial charge in [-0.3, -0.25) is 4.79 Å². The van der Waals surface area contributed by atoms with Crippen LogP contribution in [-0.2, 0) is 33.3 Å². The minimum atomic E-state index is -2.31. The monoisotopic (exact) mass is 808 g/mol. The van der Waals surface area contributed by atoms with E-state index in [9.17, 15) is 35.1 Å². The van der Waals surface area contributed by atoms with Gasteiger partial charge in [0.05, 0.1) is 36.6 Å². The minimum Gasteiger partial charge on any atom is -0.456 e. The van der Waals surface area contributed by atoms with Gasteiger partial charge in [-0.25, -0.2) is 4.79 Å². The molecule has 2 saturated heterocycles. The SMILES string of the molecule is C=CCC1/C=C(/C)CC(C)CC(OC)C2OC(O)(C(C)CC2OC)C(O)C(=O)N2CCCCC2C(=O)OC(/C(C)=C/C2CCC(O)C(OC)C2)C(C)C(O)CC1O. The number of fused-ring (bicyclic) bond motifs is 3. The highest BCUT2D eigenvalue weighted by molar-refractivity contribution is 5.88. The topological polar surface area (TPSA) is 185 Å². The summed E-state index contributed by atoms with van der Waals surface area (Å²) in [5.41, 5.74) is 1.73. The molecular formula is C44H73NO12. The lowest BCUT2D eigenvalue weighted by Crippen LogP contribution is -2.66. The van der Waals surface area contributed by atoms with Crippen molar-refractivity contribution in [1.29, 1.82) is 0 Å². The van der Waals surface area contributed by atoms with E-state index in [-0.39, 0.29) is 49.7 Å². The Morgan fingerprint density at radius 3 is 2.23 bits per heavy atom. The summed E-state index contributed by atoms with van der Waals surface area (Å²) < 4.78 is 30.0. The Bertz CT molecular complexity index is 1390. The number of nitrogens with zero attached hydrogens (tertiary/aromatic N) is 1. The highest BCUT2D eigenvalue weighted by Gasteiger charge is 2.56. The number of carbonyl (C=O) groups is 2. The van der Waals surface area contributed by atoms with E-state index >= 15 is 0 Å². The van der Waals surface area contributed by atoms with E-state index in [4.69, 9.17) is 23.7 Å². The number of ether oxygens (including phenoxy) is 5. The van der Waals surface area contributed by atoms with Crippen molar-refractivity contribution in [2.45, 2.75) is 172 Å². The molecule has 13 heteroatoms. The van der Waals surface area contributed by atoms with Crippen LogP contribution in [0.1, 0.15) is 105 Å². The Kier molecular flexibility index (Phi) is 17.8. The first-order valence-corrected chi connectivity index (χ1v) is 21.2. The Balaban J connectivity index is 1.77. The second-order valence-electron chi connectivity index (χ2n) is 17.6. The molecular weight excluding hydrogens is 734 g/mol. The first-order valence-electron chi connectivity index (χ1n) is 21.2. The summed E-state index contributed by atoms with van der Waals surface area (Å²) in [6.45, 7) is 13.5.